The van der Waals surface area contributed by atoms with Gasteiger partial charge in [0, 0.05) is 12.1 Å². The van der Waals surface area contributed by atoms with Crippen LogP contribution in [0.25, 0.3) is 0 Å². The summed E-state index contributed by atoms with van der Waals surface area (Å²) >= 11 is 0. The zero-order valence-electron chi connectivity index (χ0n) is 4.94. The van der Waals surface area contributed by atoms with Crippen molar-refractivity contribution >= 4 is 6.21 Å². The predicted octanol–water partition coefficient (Wildman–Crippen LogP) is 0.557. The molecule has 0 saturated heterocycles. The maximum absolute atomic E-state index is 4.01. The second-order valence-corrected chi connectivity index (χ2v) is 2.03. The highest BCUT2D eigenvalue weighted by molar-refractivity contribution is 5.72. The highest BCUT2D eigenvalue weighted by Crippen LogP contribution is 2.05. The maximum atomic E-state index is 4.01. The molecular weight excluding hydrogens is 112 g/mol. The van der Waals surface area contributed by atoms with E-state index in [9.17, 15) is 0 Å². The number of aromatic nitrogens is 1. The minimum absolute atomic E-state index is 0.325. The third kappa shape index (κ3) is 0.830. The van der Waals surface area contributed by atoms with Gasteiger partial charge in [-0.05, 0) is 0 Å². The van der Waals surface area contributed by atoms with E-state index in [4.69, 9.17) is 0 Å². The first-order valence-electron chi connectivity index (χ1n) is 2.96. The van der Waals surface area contributed by atoms with Gasteiger partial charge in [0.05, 0.1) is 6.21 Å². The molecule has 0 spiro atoms. The van der Waals surface area contributed by atoms with Gasteiger partial charge in [0.15, 0.2) is 12.4 Å². The van der Waals surface area contributed by atoms with Crippen molar-refractivity contribution in [2.24, 2.45) is 4.99 Å². The molecule has 1 atom stereocenters. The van der Waals surface area contributed by atoms with E-state index in [1.54, 1.807) is 0 Å². The molecule has 0 aromatic carbocycles. The van der Waals surface area contributed by atoms with Crippen molar-refractivity contribution < 1.29 is 4.57 Å². The van der Waals surface area contributed by atoms with E-state index in [0.29, 0.717) is 6.17 Å². The molecule has 2 heteroatoms. The molecule has 1 aliphatic heterocycles. The summed E-state index contributed by atoms with van der Waals surface area (Å²) in [6.07, 6.45) is 6.26. The van der Waals surface area contributed by atoms with Crippen LogP contribution >= 0.6 is 0 Å². The average Bonchev–Trinajstić information content (AvgIpc) is 2.71. The SMILES string of the molecule is C1=NC1[n+]1ccccc1. The van der Waals surface area contributed by atoms with Crippen molar-refractivity contribution in [2.75, 3.05) is 0 Å². The standard InChI is InChI=1S/C7H7N2/c1-2-4-9(5-3-1)7-6-8-7/h1-7H/q+1. The molecule has 2 heterocycles. The largest absolute Gasteiger partial charge is 0.287 e. The molecule has 0 aliphatic carbocycles. The van der Waals surface area contributed by atoms with E-state index < -0.39 is 0 Å². The second-order valence-electron chi connectivity index (χ2n) is 2.03. The highest BCUT2D eigenvalue weighted by Gasteiger charge is 2.21. The zero-order chi connectivity index (χ0) is 6.10. The lowest BCUT2D eigenvalue weighted by Crippen LogP contribution is -2.31. The summed E-state index contributed by atoms with van der Waals surface area (Å²) in [6.45, 7) is 0. The molecule has 1 aliphatic rings. The normalized spacial score (nSPS) is 22.0. The quantitative estimate of drug-likeness (QED) is 0.480. The van der Waals surface area contributed by atoms with Crippen molar-refractivity contribution in [1.29, 1.82) is 0 Å². The fourth-order valence-electron chi connectivity index (χ4n) is 0.781. The van der Waals surface area contributed by atoms with E-state index in [1.165, 1.54) is 0 Å². The van der Waals surface area contributed by atoms with Gasteiger partial charge in [-0.1, -0.05) is 6.07 Å². The Bertz CT molecular complexity index is 222. The van der Waals surface area contributed by atoms with Crippen molar-refractivity contribution in [2.45, 2.75) is 6.17 Å². The molecule has 9 heavy (non-hydrogen) atoms. The number of rotatable bonds is 1. The van der Waals surface area contributed by atoms with Gasteiger partial charge in [-0.3, -0.25) is 0 Å². The summed E-state index contributed by atoms with van der Waals surface area (Å²) in [5, 5.41) is 0. The molecule has 0 amide bonds. The van der Waals surface area contributed by atoms with Gasteiger partial charge in [-0.15, -0.1) is 0 Å². The Morgan fingerprint density at radius 2 is 1.78 bits per heavy atom. The van der Waals surface area contributed by atoms with E-state index in [2.05, 4.69) is 9.56 Å². The Labute approximate surface area is 53.5 Å². The summed E-state index contributed by atoms with van der Waals surface area (Å²) in [5.74, 6) is 0. The number of hydrogen-bond acceptors (Lipinski definition) is 1. The first kappa shape index (κ1) is 4.68. The zero-order valence-corrected chi connectivity index (χ0v) is 4.94. The Balaban J connectivity index is 2.30. The minimum atomic E-state index is 0.325. The van der Waals surface area contributed by atoms with Gasteiger partial charge in [0.1, 0.15) is 0 Å². The van der Waals surface area contributed by atoms with Crippen LogP contribution in [-0.2, 0) is 0 Å². The summed E-state index contributed by atoms with van der Waals surface area (Å²) in [5.41, 5.74) is 0. The van der Waals surface area contributed by atoms with Crippen LogP contribution in [0.4, 0.5) is 0 Å². The lowest BCUT2D eigenvalue weighted by atomic mass is 10.5. The summed E-state index contributed by atoms with van der Waals surface area (Å²) in [7, 11) is 0. The number of nitrogens with zero attached hydrogens (tertiary/aromatic N) is 2. The summed E-state index contributed by atoms with van der Waals surface area (Å²) in [6, 6.07) is 6.00. The predicted molar refractivity (Wildman–Crippen MR) is 34.2 cm³/mol. The van der Waals surface area contributed by atoms with Crippen LogP contribution in [0.3, 0.4) is 0 Å². The lowest BCUT2D eigenvalue weighted by molar-refractivity contribution is -0.695. The molecule has 0 N–H and O–H groups in total. The fourth-order valence-corrected chi connectivity index (χ4v) is 0.781. The molecule has 1 unspecified atom stereocenters. The van der Waals surface area contributed by atoms with E-state index in [1.807, 2.05) is 36.8 Å². The van der Waals surface area contributed by atoms with Crippen LogP contribution in [0.2, 0.25) is 0 Å². The van der Waals surface area contributed by atoms with Gasteiger partial charge in [0.2, 0.25) is 0 Å². The lowest BCUT2D eigenvalue weighted by Gasteiger charge is -1.85. The van der Waals surface area contributed by atoms with Crippen LogP contribution in [0.15, 0.2) is 35.6 Å². The van der Waals surface area contributed by atoms with Gasteiger partial charge in [-0.2, -0.15) is 4.57 Å². The Kier molecular flexibility index (Phi) is 0.859. The molecule has 0 saturated carbocycles. The monoisotopic (exact) mass is 119 g/mol. The van der Waals surface area contributed by atoms with Crippen LogP contribution in [0.5, 0.6) is 0 Å². The third-order valence-corrected chi connectivity index (χ3v) is 1.33. The molecule has 1 aromatic heterocycles. The average molecular weight is 119 g/mol. The van der Waals surface area contributed by atoms with Crippen molar-refractivity contribution in [1.82, 2.24) is 0 Å². The Morgan fingerprint density at radius 3 is 2.33 bits per heavy atom. The summed E-state index contributed by atoms with van der Waals surface area (Å²) in [4.78, 5) is 4.01. The van der Waals surface area contributed by atoms with E-state index >= 15 is 0 Å². The molecule has 0 bridgehead atoms. The number of hydrogen-bond donors (Lipinski definition) is 0. The van der Waals surface area contributed by atoms with Gasteiger partial charge >= 0.3 is 0 Å². The molecule has 44 valence electrons. The molecular formula is C7H7N2+. The smallest absolute Gasteiger partial charge is 0.215 e. The van der Waals surface area contributed by atoms with Gasteiger partial charge in [0.25, 0.3) is 6.17 Å². The highest BCUT2D eigenvalue weighted by atomic mass is 15.2. The van der Waals surface area contributed by atoms with Crippen molar-refractivity contribution in [3.8, 4) is 0 Å². The summed E-state index contributed by atoms with van der Waals surface area (Å²) < 4.78 is 2.06. The first-order valence-corrected chi connectivity index (χ1v) is 2.96. The van der Waals surface area contributed by atoms with Crippen molar-refractivity contribution in [3.05, 3.63) is 30.6 Å². The van der Waals surface area contributed by atoms with Crippen LogP contribution in [0, 0.1) is 0 Å². The fraction of sp³-hybridized carbons (Fsp3) is 0.143. The topological polar surface area (TPSA) is 16.2 Å². The van der Waals surface area contributed by atoms with Gasteiger partial charge in [-0.25, -0.2) is 4.99 Å². The van der Waals surface area contributed by atoms with Crippen LogP contribution < -0.4 is 4.57 Å². The molecule has 0 radical (unpaired) electrons. The second kappa shape index (κ2) is 1.65. The Hall–Kier alpha value is -1.18. The molecule has 0 fully saturated rings. The third-order valence-electron chi connectivity index (χ3n) is 1.33. The number of pyridine rings is 1. The van der Waals surface area contributed by atoms with Crippen LogP contribution in [-0.4, -0.2) is 6.21 Å². The molecule has 1 aromatic rings. The Morgan fingerprint density at radius 1 is 1.11 bits per heavy atom. The maximum Gasteiger partial charge on any atom is 0.287 e. The molecule has 2 nitrogen and oxygen atoms in total. The van der Waals surface area contributed by atoms with Crippen molar-refractivity contribution in [3.63, 3.8) is 0 Å². The van der Waals surface area contributed by atoms with Gasteiger partial charge < -0.3 is 0 Å². The molecule has 2 rings (SSSR count). The van der Waals surface area contributed by atoms with Crippen LogP contribution in [0.1, 0.15) is 6.17 Å². The first-order chi connectivity index (χ1) is 4.47. The van der Waals surface area contributed by atoms with E-state index in [0.717, 1.165) is 0 Å². The van der Waals surface area contributed by atoms with E-state index in [-0.39, 0.29) is 0 Å². The number of aliphatic imine (C=N–C) groups is 1. The minimum Gasteiger partial charge on any atom is -0.215 e.